The van der Waals surface area contributed by atoms with E-state index < -0.39 is 0 Å². The average molecular weight is 226 g/mol. The molecule has 1 heterocycles. The van der Waals surface area contributed by atoms with E-state index in [1.807, 2.05) is 0 Å². The molecule has 0 aliphatic carbocycles. The van der Waals surface area contributed by atoms with E-state index in [9.17, 15) is 9.59 Å². The fourth-order valence-corrected chi connectivity index (χ4v) is 1.62. The molecule has 1 rings (SSSR count). The summed E-state index contributed by atoms with van der Waals surface area (Å²) in [4.78, 5) is 27.9. The molecular formula is C11H18N2O3. The zero-order chi connectivity index (χ0) is 12.0. The van der Waals surface area contributed by atoms with E-state index in [0.717, 1.165) is 12.8 Å². The maximum absolute atomic E-state index is 11.4. The third-order valence-electron chi connectivity index (χ3n) is 2.46. The second-order valence-corrected chi connectivity index (χ2v) is 3.81. The van der Waals surface area contributed by atoms with Crippen molar-refractivity contribution < 1.29 is 14.3 Å². The first-order valence-corrected chi connectivity index (χ1v) is 5.59. The Hall–Kier alpha value is -1.39. The molecule has 1 saturated heterocycles. The van der Waals surface area contributed by atoms with Gasteiger partial charge in [0.05, 0.1) is 18.9 Å². The van der Waals surface area contributed by atoms with Crippen LogP contribution < -0.4 is 0 Å². The van der Waals surface area contributed by atoms with Gasteiger partial charge in [0.25, 0.3) is 0 Å². The minimum Gasteiger partial charge on any atom is -0.450 e. The number of rotatable bonds is 3. The third-order valence-corrected chi connectivity index (χ3v) is 2.46. The second kappa shape index (κ2) is 6.25. The lowest BCUT2D eigenvalue weighted by molar-refractivity contribution is -0.110. The highest BCUT2D eigenvalue weighted by Crippen LogP contribution is 2.14. The van der Waals surface area contributed by atoms with Crippen molar-refractivity contribution >= 4 is 18.1 Å². The minimum absolute atomic E-state index is 0.0344. The molecule has 1 aliphatic heterocycles. The maximum Gasteiger partial charge on any atom is 0.409 e. The molecule has 0 aromatic rings. The van der Waals surface area contributed by atoms with Crippen LogP contribution in [0.4, 0.5) is 4.79 Å². The van der Waals surface area contributed by atoms with Gasteiger partial charge in [0.2, 0.25) is 0 Å². The molecule has 90 valence electrons. The monoisotopic (exact) mass is 226 g/mol. The molecule has 0 spiro atoms. The Balaban J connectivity index is 2.33. The number of ketones is 1. The zero-order valence-corrected chi connectivity index (χ0v) is 9.81. The van der Waals surface area contributed by atoms with Gasteiger partial charge in [-0.05, 0) is 19.8 Å². The molecule has 0 bridgehead atoms. The van der Waals surface area contributed by atoms with Crippen LogP contribution in [0.25, 0.3) is 0 Å². The number of aliphatic imine (C=N–C) groups is 1. The molecule has 1 aliphatic rings. The Bertz CT molecular complexity index is 281. The number of ether oxygens (including phenoxy) is 1. The summed E-state index contributed by atoms with van der Waals surface area (Å²) in [6, 6.07) is 0.162. The molecule has 16 heavy (non-hydrogen) atoms. The van der Waals surface area contributed by atoms with E-state index in [-0.39, 0.29) is 17.9 Å². The van der Waals surface area contributed by atoms with Crippen molar-refractivity contribution in [2.24, 2.45) is 4.99 Å². The number of hydrogen-bond acceptors (Lipinski definition) is 4. The van der Waals surface area contributed by atoms with Gasteiger partial charge < -0.3 is 9.64 Å². The van der Waals surface area contributed by atoms with Gasteiger partial charge in [-0.15, -0.1) is 0 Å². The highest BCUT2D eigenvalue weighted by molar-refractivity contribution is 6.26. The average Bonchev–Trinajstić information content (AvgIpc) is 2.27. The van der Waals surface area contributed by atoms with E-state index in [1.165, 1.54) is 13.1 Å². The van der Waals surface area contributed by atoms with Gasteiger partial charge in [0, 0.05) is 20.0 Å². The van der Waals surface area contributed by atoms with Crippen molar-refractivity contribution in [3.8, 4) is 0 Å². The lowest BCUT2D eigenvalue weighted by Gasteiger charge is -2.29. The summed E-state index contributed by atoms with van der Waals surface area (Å²) in [5.74, 6) is -0.0344. The summed E-state index contributed by atoms with van der Waals surface area (Å²) in [5.41, 5.74) is 0. The van der Waals surface area contributed by atoms with Crippen LogP contribution in [-0.4, -0.2) is 48.7 Å². The predicted molar refractivity (Wildman–Crippen MR) is 60.8 cm³/mol. The summed E-state index contributed by atoms with van der Waals surface area (Å²) >= 11 is 0. The van der Waals surface area contributed by atoms with Crippen LogP contribution in [0.1, 0.15) is 26.7 Å². The molecule has 1 amide bonds. The van der Waals surface area contributed by atoms with E-state index >= 15 is 0 Å². The minimum atomic E-state index is -0.253. The number of likely N-dealkylation sites (tertiary alicyclic amines) is 1. The molecule has 0 atom stereocenters. The molecule has 0 radical (unpaired) electrons. The predicted octanol–water partition coefficient (Wildman–Crippen LogP) is 1.27. The molecule has 0 aromatic carbocycles. The van der Waals surface area contributed by atoms with Gasteiger partial charge in [-0.2, -0.15) is 0 Å². The van der Waals surface area contributed by atoms with Gasteiger partial charge in [0.1, 0.15) is 0 Å². The van der Waals surface area contributed by atoms with E-state index in [2.05, 4.69) is 4.99 Å². The third kappa shape index (κ3) is 4.00. The molecule has 0 saturated carbocycles. The van der Waals surface area contributed by atoms with Crippen molar-refractivity contribution in [3.05, 3.63) is 0 Å². The van der Waals surface area contributed by atoms with Gasteiger partial charge >= 0.3 is 6.09 Å². The van der Waals surface area contributed by atoms with Crippen LogP contribution in [0.5, 0.6) is 0 Å². The summed E-state index contributed by atoms with van der Waals surface area (Å²) in [5, 5.41) is 0. The lowest BCUT2D eigenvalue weighted by atomic mass is 10.1. The van der Waals surface area contributed by atoms with Crippen LogP contribution >= 0.6 is 0 Å². The number of Topliss-reactive ketones (excluding diaryl/α,β-unsaturated/α-hetero) is 1. The summed E-state index contributed by atoms with van der Waals surface area (Å²) < 4.78 is 4.91. The Morgan fingerprint density at radius 3 is 2.56 bits per heavy atom. The summed E-state index contributed by atoms with van der Waals surface area (Å²) in [6.45, 7) is 4.98. The van der Waals surface area contributed by atoms with E-state index in [0.29, 0.717) is 19.7 Å². The second-order valence-electron chi connectivity index (χ2n) is 3.81. The number of carbonyl (C=O) groups excluding carboxylic acids is 2. The molecule has 0 N–H and O–H groups in total. The molecule has 1 fully saturated rings. The normalized spacial score (nSPS) is 17.8. The molecule has 5 heteroatoms. The zero-order valence-electron chi connectivity index (χ0n) is 9.81. The van der Waals surface area contributed by atoms with Gasteiger partial charge in [-0.1, -0.05) is 0 Å². The van der Waals surface area contributed by atoms with Crippen LogP contribution in [0.3, 0.4) is 0 Å². The van der Waals surface area contributed by atoms with Crippen molar-refractivity contribution in [3.63, 3.8) is 0 Å². The number of amides is 1. The first-order chi connectivity index (χ1) is 7.63. The standard InChI is InChI=1S/C11H18N2O3/c1-3-16-11(15)13-6-4-10(5-7-13)12-8-9(2)14/h8,10H,3-7H2,1-2H3. The van der Waals surface area contributed by atoms with Crippen molar-refractivity contribution in [1.82, 2.24) is 4.90 Å². The van der Waals surface area contributed by atoms with Gasteiger partial charge in [-0.25, -0.2) is 4.79 Å². The number of carbonyl (C=O) groups is 2. The Kier molecular flexibility index (Phi) is 4.95. The van der Waals surface area contributed by atoms with Crippen LogP contribution in [-0.2, 0) is 9.53 Å². The fourth-order valence-electron chi connectivity index (χ4n) is 1.62. The Morgan fingerprint density at radius 2 is 2.06 bits per heavy atom. The van der Waals surface area contributed by atoms with Gasteiger partial charge in [0.15, 0.2) is 5.78 Å². The molecular weight excluding hydrogens is 208 g/mol. The largest absolute Gasteiger partial charge is 0.450 e. The van der Waals surface area contributed by atoms with Crippen LogP contribution in [0.15, 0.2) is 4.99 Å². The van der Waals surface area contributed by atoms with Crippen molar-refractivity contribution in [2.75, 3.05) is 19.7 Å². The molecule has 0 unspecified atom stereocenters. The number of nitrogens with zero attached hydrogens (tertiary/aromatic N) is 2. The molecule has 5 nitrogen and oxygen atoms in total. The topological polar surface area (TPSA) is 59.0 Å². The van der Waals surface area contributed by atoms with Crippen LogP contribution in [0.2, 0.25) is 0 Å². The first kappa shape index (κ1) is 12.7. The Morgan fingerprint density at radius 1 is 1.44 bits per heavy atom. The van der Waals surface area contributed by atoms with Crippen molar-refractivity contribution in [2.45, 2.75) is 32.7 Å². The summed E-state index contributed by atoms with van der Waals surface area (Å²) in [7, 11) is 0. The highest BCUT2D eigenvalue weighted by Gasteiger charge is 2.22. The van der Waals surface area contributed by atoms with Crippen LogP contribution in [0, 0.1) is 0 Å². The summed E-state index contributed by atoms with van der Waals surface area (Å²) in [6.07, 6.45) is 2.70. The van der Waals surface area contributed by atoms with Crippen molar-refractivity contribution in [1.29, 1.82) is 0 Å². The molecule has 0 aromatic heterocycles. The maximum atomic E-state index is 11.4. The number of piperidine rings is 1. The quantitative estimate of drug-likeness (QED) is 0.681. The van der Waals surface area contributed by atoms with E-state index in [4.69, 9.17) is 4.74 Å². The first-order valence-electron chi connectivity index (χ1n) is 5.59. The lowest BCUT2D eigenvalue weighted by Crippen LogP contribution is -2.40. The Labute approximate surface area is 95.5 Å². The number of hydrogen-bond donors (Lipinski definition) is 0. The SMILES string of the molecule is CCOC(=O)N1CCC(N=CC(C)=O)CC1. The van der Waals surface area contributed by atoms with E-state index in [1.54, 1.807) is 11.8 Å². The smallest absolute Gasteiger partial charge is 0.409 e. The fraction of sp³-hybridized carbons (Fsp3) is 0.727. The van der Waals surface area contributed by atoms with Gasteiger partial charge in [-0.3, -0.25) is 9.79 Å². The highest BCUT2D eigenvalue weighted by atomic mass is 16.6.